The molecule has 1 aromatic carbocycles. The number of carboxylic acids is 1. The topological polar surface area (TPSA) is 70.5 Å². The first kappa shape index (κ1) is 16.3. The van der Waals surface area contributed by atoms with Gasteiger partial charge in [-0.25, -0.2) is 9.18 Å². The van der Waals surface area contributed by atoms with Crippen LogP contribution < -0.4 is 0 Å². The van der Waals surface area contributed by atoms with Crippen molar-refractivity contribution in [1.29, 1.82) is 0 Å². The Morgan fingerprint density at radius 1 is 1.32 bits per heavy atom. The van der Waals surface area contributed by atoms with Crippen LogP contribution in [-0.4, -0.2) is 45.6 Å². The number of hydrogen-bond donors (Lipinski definition) is 1. The number of carboxylic acid groups (broad SMARTS) is 1. The van der Waals surface area contributed by atoms with Crippen molar-refractivity contribution in [2.45, 2.75) is 30.8 Å². The van der Waals surface area contributed by atoms with E-state index >= 15 is 0 Å². The van der Waals surface area contributed by atoms with Gasteiger partial charge in [-0.3, -0.25) is 9.78 Å². The molecule has 0 bridgehead atoms. The number of nitrogens with zero attached hydrogens (tertiary/aromatic N) is 2. The lowest BCUT2D eigenvalue weighted by Crippen LogP contribution is -2.39. The molecule has 1 aromatic heterocycles. The van der Waals surface area contributed by atoms with Crippen molar-refractivity contribution in [3.05, 3.63) is 40.5 Å². The number of likely N-dealkylation sites (tertiary alicyclic amines) is 1. The smallest absolute Gasteiger partial charge is 0.343 e. The van der Waals surface area contributed by atoms with Gasteiger partial charge in [0.1, 0.15) is 0 Å². The maximum Gasteiger partial charge on any atom is 0.343 e. The summed E-state index contributed by atoms with van der Waals surface area (Å²) >= 11 is 6.07. The molecule has 7 heteroatoms. The molecule has 1 saturated carbocycles. The summed E-state index contributed by atoms with van der Waals surface area (Å²) in [6.45, 7) is -0.366. The number of amides is 1. The number of halogens is 2. The van der Waals surface area contributed by atoms with E-state index < -0.39 is 18.2 Å². The highest BCUT2D eigenvalue weighted by Gasteiger charge is 2.47. The summed E-state index contributed by atoms with van der Waals surface area (Å²) in [5, 5.41) is 10.1. The van der Waals surface area contributed by atoms with Crippen molar-refractivity contribution < 1.29 is 19.1 Å². The van der Waals surface area contributed by atoms with Gasteiger partial charge in [-0.15, -0.1) is 0 Å². The number of carbonyl (C=O) groups is 2. The molecule has 0 radical (unpaired) electrons. The first-order chi connectivity index (χ1) is 11.9. The third-order valence-corrected chi connectivity index (χ3v) is 5.14. The number of carbonyl (C=O) groups excluding carboxylic acids is 1. The van der Waals surface area contributed by atoms with Crippen LogP contribution in [-0.2, 0) is 4.79 Å². The van der Waals surface area contributed by atoms with E-state index in [2.05, 4.69) is 4.98 Å². The summed E-state index contributed by atoms with van der Waals surface area (Å²) in [4.78, 5) is 29.9. The van der Waals surface area contributed by atoms with Crippen molar-refractivity contribution in [2.75, 3.05) is 13.1 Å². The first-order valence-electron chi connectivity index (χ1n) is 8.19. The quantitative estimate of drug-likeness (QED) is 0.908. The Hall–Kier alpha value is -2.21. The van der Waals surface area contributed by atoms with Crippen LogP contribution in [0.2, 0.25) is 5.02 Å². The van der Waals surface area contributed by atoms with Gasteiger partial charge in [0.25, 0.3) is 5.91 Å². The fourth-order valence-electron chi connectivity index (χ4n) is 3.27. The minimum Gasteiger partial charge on any atom is -0.479 e. The summed E-state index contributed by atoms with van der Waals surface area (Å²) in [6, 6.07) is 6.90. The second-order valence-corrected chi connectivity index (χ2v) is 7.21. The van der Waals surface area contributed by atoms with Gasteiger partial charge in [0.15, 0.2) is 0 Å². The van der Waals surface area contributed by atoms with E-state index in [-0.39, 0.29) is 18.9 Å². The number of fused-ring (bicyclic) bond motifs is 1. The van der Waals surface area contributed by atoms with E-state index in [1.54, 1.807) is 24.3 Å². The van der Waals surface area contributed by atoms with Crippen molar-refractivity contribution in [2.24, 2.45) is 0 Å². The van der Waals surface area contributed by atoms with Gasteiger partial charge in [-0.2, -0.15) is 0 Å². The molecule has 1 saturated heterocycles. The number of alkyl halides is 1. The van der Waals surface area contributed by atoms with Gasteiger partial charge >= 0.3 is 5.97 Å². The minimum atomic E-state index is -2.38. The molecule has 130 valence electrons. The normalized spacial score (nSPS) is 23.2. The molecule has 2 fully saturated rings. The second kappa shape index (κ2) is 5.66. The molecular weight excluding hydrogens is 347 g/mol. The first-order valence-corrected chi connectivity index (χ1v) is 8.57. The molecule has 2 heterocycles. The average molecular weight is 363 g/mol. The van der Waals surface area contributed by atoms with Crippen molar-refractivity contribution in [1.82, 2.24) is 9.88 Å². The van der Waals surface area contributed by atoms with Crippen molar-refractivity contribution in [3.63, 3.8) is 0 Å². The lowest BCUT2D eigenvalue weighted by molar-refractivity contribution is -0.149. The van der Waals surface area contributed by atoms with E-state index in [1.165, 1.54) is 4.90 Å². The molecule has 25 heavy (non-hydrogen) atoms. The fourth-order valence-corrected chi connectivity index (χ4v) is 3.45. The van der Waals surface area contributed by atoms with E-state index in [0.717, 1.165) is 18.5 Å². The predicted octanol–water partition coefficient (Wildman–Crippen LogP) is 3.40. The van der Waals surface area contributed by atoms with Crippen LogP contribution in [0.4, 0.5) is 4.39 Å². The molecule has 5 nitrogen and oxygen atoms in total. The third kappa shape index (κ3) is 2.84. The zero-order valence-corrected chi connectivity index (χ0v) is 14.1. The molecule has 2 aromatic rings. The number of pyridine rings is 1. The van der Waals surface area contributed by atoms with Crippen LogP contribution in [0.3, 0.4) is 0 Å². The second-order valence-electron chi connectivity index (χ2n) is 6.78. The Balaban J connectivity index is 1.76. The fraction of sp³-hybridized carbons (Fsp3) is 0.389. The number of aliphatic carboxylic acids is 1. The number of benzene rings is 1. The number of rotatable bonds is 3. The van der Waals surface area contributed by atoms with Crippen LogP contribution in [0.15, 0.2) is 24.3 Å². The van der Waals surface area contributed by atoms with Crippen molar-refractivity contribution >= 4 is 34.4 Å². The highest BCUT2D eigenvalue weighted by Crippen LogP contribution is 2.40. The Kier molecular flexibility index (Phi) is 3.68. The van der Waals surface area contributed by atoms with Crippen LogP contribution in [0.5, 0.6) is 0 Å². The highest BCUT2D eigenvalue weighted by atomic mass is 35.5. The van der Waals surface area contributed by atoms with Crippen LogP contribution in [0.1, 0.15) is 41.2 Å². The Bertz CT molecular complexity index is 899. The van der Waals surface area contributed by atoms with Crippen LogP contribution >= 0.6 is 11.6 Å². The average Bonchev–Trinajstić information content (AvgIpc) is 3.35. The van der Waals surface area contributed by atoms with Gasteiger partial charge in [0, 0.05) is 35.0 Å². The van der Waals surface area contributed by atoms with Gasteiger partial charge in [-0.05, 0) is 37.1 Å². The maximum absolute atomic E-state index is 14.3. The lowest BCUT2D eigenvalue weighted by Gasteiger charge is -2.19. The third-order valence-electron chi connectivity index (χ3n) is 4.91. The zero-order chi connectivity index (χ0) is 17.8. The largest absolute Gasteiger partial charge is 0.479 e. The number of aromatic nitrogens is 1. The van der Waals surface area contributed by atoms with Gasteiger partial charge in [0.2, 0.25) is 5.67 Å². The molecule has 4 rings (SSSR count). The molecule has 1 N–H and O–H groups in total. The maximum atomic E-state index is 14.3. The molecular formula is C18H16ClFN2O3. The van der Waals surface area contributed by atoms with Gasteiger partial charge in [-0.1, -0.05) is 11.6 Å². The van der Waals surface area contributed by atoms with E-state index in [0.29, 0.717) is 27.4 Å². The molecule has 1 aliphatic carbocycles. The Morgan fingerprint density at radius 2 is 2.08 bits per heavy atom. The van der Waals surface area contributed by atoms with E-state index in [9.17, 15) is 14.0 Å². The summed E-state index contributed by atoms with van der Waals surface area (Å²) in [5.41, 5.74) is -0.456. The number of hydrogen-bond acceptors (Lipinski definition) is 3. The molecule has 1 atom stereocenters. The molecule has 1 unspecified atom stereocenters. The molecule has 1 amide bonds. The van der Waals surface area contributed by atoms with E-state index in [1.807, 2.05) is 0 Å². The van der Waals surface area contributed by atoms with Crippen molar-refractivity contribution in [3.8, 4) is 0 Å². The van der Waals surface area contributed by atoms with Crippen LogP contribution in [0, 0.1) is 0 Å². The summed E-state index contributed by atoms with van der Waals surface area (Å²) in [6.07, 6.45) is 1.87. The molecule has 0 spiro atoms. The van der Waals surface area contributed by atoms with Crippen LogP contribution in [0.25, 0.3) is 10.9 Å². The predicted molar refractivity (Wildman–Crippen MR) is 90.7 cm³/mol. The van der Waals surface area contributed by atoms with E-state index in [4.69, 9.17) is 16.7 Å². The minimum absolute atomic E-state index is 0.0742. The Morgan fingerprint density at radius 3 is 2.72 bits per heavy atom. The summed E-state index contributed by atoms with van der Waals surface area (Å²) in [5.74, 6) is -1.55. The molecule has 2 aliphatic rings. The zero-order valence-electron chi connectivity index (χ0n) is 13.3. The van der Waals surface area contributed by atoms with Gasteiger partial charge in [0.05, 0.1) is 17.6 Å². The molecule has 1 aliphatic heterocycles. The highest BCUT2D eigenvalue weighted by molar-refractivity contribution is 6.31. The lowest BCUT2D eigenvalue weighted by atomic mass is 10.0. The SMILES string of the molecule is O=C(c1cc(C2CC2)nc2ccc(Cl)cc12)N1CCC(F)(C(=O)O)C1. The Labute approximate surface area is 148 Å². The summed E-state index contributed by atoms with van der Waals surface area (Å²) in [7, 11) is 0. The van der Waals surface area contributed by atoms with Gasteiger partial charge < -0.3 is 10.0 Å². The summed E-state index contributed by atoms with van der Waals surface area (Å²) < 4.78 is 14.3. The standard InChI is InChI=1S/C18H16ClFN2O3/c19-11-3-4-14-12(7-11)13(8-15(21-14)10-1-2-10)16(23)22-6-5-18(20,9-22)17(24)25/h3-4,7-8,10H,1-2,5-6,9H2,(H,24,25). The monoisotopic (exact) mass is 362 g/mol.